The Hall–Kier alpha value is -0.580. The molecule has 0 amide bonds. The van der Waals surface area contributed by atoms with Gasteiger partial charge in [0.05, 0.1) is 11.5 Å². The molecule has 1 unspecified atom stereocenters. The lowest BCUT2D eigenvalue weighted by atomic mass is 9.75. The van der Waals surface area contributed by atoms with E-state index in [2.05, 4.69) is 11.4 Å². The third-order valence-electron chi connectivity index (χ3n) is 4.42. The lowest BCUT2D eigenvalue weighted by Crippen LogP contribution is -2.49. The van der Waals surface area contributed by atoms with Crippen LogP contribution in [0.2, 0.25) is 5.02 Å². The Morgan fingerprint density at radius 2 is 1.90 bits per heavy atom. The summed E-state index contributed by atoms with van der Waals surface area (Å²) in [7, 11) is -2.82. The Kier molecular flexibility index (Phi) is 4.07. The maximum absolute atomic E-state index is 11.6. The molecule has 0 spiro atoms. The highest BCUT2D eigenvalue weighted by molar-refractivity contribution is 7.91. The SMILES string of the molecule is O=S1(=O)CCCC(NC2CC(c3ccccc3Cl)C2)C1. The molecular weight excluding hydrogens is 294 g/mol. The first-order valence-electron chi connectivity index (χ1n) is 7.24. The average molecular weight is 314 g/mol. The number of rotatable bonds is 3. The van der Waals surface area contributed by atoms with Crippen LogP contribution in [-0.2, 0) is 9.84 Å². The van der Waals surface area contributed by atoms with Crippen LogP contribution in [0.5, 0.6) is 0 Å². The van der Waals surface area contributed by atoms with E-state index in [1.807, 2.05) is 18.2 Å². The molecule has 1 aliphatic heterocycles. The van der Waals surface area contributed by atoms with Crippen molar-refractivity contribution in [2.45, 2.75) is 43.7 Å². The lowest BCUT2D eigenvalue weighted by molar-refractivity contribution is 0.263. The summed E-state index contributed by atoms with van der Waals surface area (Å²) >= 11 is 6.21. The summed E-state index contributed by atoms with van der Waals surface area (Å²) < 4.78 is 23.2. The number of halogens is 1. The van der Waals surface area contributed by atoms with Crippen LogP contribution in [-0.4, -0.2) is 32.0 Å². The van der Waals surface area contributed by atoms with Gasteiger partial charge in [0.15, 0.2) is 9.84 Å². The van der Waals surface area contributed by atoms with E-state index in [1.54, 1.807) is 0 Å². The first kappa shape index (κ1) is 14.4. The maximum atomic E-state index is 11.6. The standard InChI is InChI=1S/C15H20ClNO2S/c16-15-6-2-1-5-14(15)11-8-13(9-11)17-12-4-3-7-20(18,19)10-12/h1-2,5-6,11-13,17H,3-4,7-10H2. The molecule has 1 aromatic carbocycles. The molecule has 1 saturated heterocycles. The van der Waals surface area contributed by atoms with E-state index in [1.165, 1.54) is 5.56 Å². The van der Waals surface area contributed by atoms with Crippen molar-refractivity contribution in [1.82, 2.24) is 5.32 Å². The molecule has 3 nitrogen and oxygen atoms in total. The highest BCUT2D eigenvalue weighted by atomic mass is 35.5. The second-order valence-electron chi connectivity index (χ2n) is 6.01. The van der Waals surface area contributed by atoms with Gasteiger partial charge >= 0.3 is 0 Å². The Labute approximate surface area is 125 Å². The number of sulfone groups is 1. The summed E-state index contributed by atoms with van der Waals surface area (Å²) in [5, 5.41) is 4.35. The van der Waals surface area contributed by atoms with Crippen molar-refractivity contribution >= 4 is 21.4 Å². The quantitative estimate of drug-likeness (QED) is 0.933. The van der Waals surface area contributed by atoms with Crippen LogP contribution in [0.4, 0.5) is 0 Å². The molecule has 0 aromatic heterocycles. The predicted octanol–water partition coefficient (Wildman–Crippen LogP) is 2.75. The zero-order valence-electron chi connectivity index (χ0n) is 11.4. The van der Waals surface area contributed by atoms with Crippen molar-refractivity contribution in [2.75, 3.05) is 11.5 Å². The van der Waals surface area contributed by atoms with E-state index < -0.39 is 9.84 Å². The van der Waals surface area contributed by atoms with Crippen LogP contribution >= 0.6 is 11.6 Å². The van der Waals surface area contributed by atoms with E-state index in [0.717, 1.165) is 30.7 Å². The normalized spacial score (nSPS) is 32.5. The largest absolute Gasteiger partial charge is 0.310 e. The number of hydrogen-bond acceptors (Lipinski definition) is 3. The van der Waals surface area contributed by atoms with Crippen LogP contribution < -0.4 is 5.32 Å². The minimum atomic E-state index is -2.82. The van der Waals surface area contributed by atoms with Gasteiger partial charge in [0.2, 0.25) is 0 Å². The molecule has 110 valence electrons. The van der Waals surface area contributed by atoms with Crippen molar-refractivity contribution in [3.63, 3.8) is 0 Å². The fourth-order valence-electron chi connectivity index (χ4n) is 3.30. The van der Waals surface area contributed by atoms with Crippen molar-refractivity contribution in [3.8, 4) is 0 Å². The van der Waals surface area contributed by atoms with Gasteiger partial charge in [-0.1, -0.05) is 29.8 Å². The van der Waals surface area contributed by atoms with Crippen molar-refractivity contribution < 1.29 is 8.42 Å². The molecule has 1 heterocycles. The Morgan fingerprint density at radius 1 is 1.15 bits per heavy atom. The summed E-state index contributed by atoms with van der Waals surface area (Å²) in [6, 6.07) is 8.59. The van der Waals surface area contributed by atoms with Crippen LogP contribution in [0.1, 0.15) is 37.2 Å². The van der Waals surface area contributed by atoms with Gasteiger partial charge in [-0.2, -0.15) is 0 Å². The molecule has 5 heteroatoms. The molecule has 2 aliphatic rings. The lowest BCUT2D eigenvalue weighted by Gasteiger charge is -2.39. The van der Waals surface area contributed by atoms with E-state index >= 15 is 0 Å². The topological polar surface area (TPSA) is 46.2 Å². The monoisotopic (exact) mass is 313 g/mol. The summed E-state index contributed by atoms with van der Waals surface area (Å²) in [4.78, 5) is 0. The van der Waals surface area contributed by atoms with Gasteiger partial charge in [-0.15, -0.1) is 0 Å². The highest BCUT2D eigenvalue weighted by Gasteiger charge is 2.34. The second-order valence-corrected chi connectivity index (χ2v) is 8.64. The van der Waals surface area contributed by atoms with Crippen LogP contribution in [0, 0.1) is 0 Å². The van der Waals surface area contributed by atoms with Crippen LogP contribution in [0.25, 0.3) is 0 Å². The van der Waals surface area contributed by atoms with Crippen LogP contribution in [0.3, 0.4) is 0 Å². The van der Waals surface area contributed by atoms with Gasteiger partial charge in [0, 0.05) is 17.1 Å². The molecule has 0 radical (unpaired) electrons. The van der Waals surface area contributed by atoms with Crippen molar-refractivity contribution in [3.05, 3.63) is 34.9 Å². The number of hydrogen-bond donors (Lipinski definition) is 1. The minimum absolute atomic E-state index is 0.144. The first-order chi connectivity index (χ1) is 9.53. The molecule has 1 N–H and O–H groups in total. The summed E-state index contributed by atoms with van der Waals surface area (Å²) in [5.41, 5.74) is 1.23. The zero-order valence-corrected chi connectivity index (χ0v) is 13.0. The molecule has 0 bridgehead atoms. The Balaban J connectivity index is 1.53. The third kappa shape index (κ3) is 3.18. The molecule has 1 aromatic rings. The molecule has 20 heavy (non-hydrogen) atoms. The van der Waals surface area contributed by atoms with E-state index in [9.17, 15) is 8.42 Å². The number of benzene rings is 1. The smallest absolute Gasteiger partial charge is 0.151 e. The predicted molar refractivity (Wildman–Crippen MR) is 82.0 cm³/mol. The third-order valence-corrected chi connectivity index (χ3v) is 6.58. The Bertz CT molecular complexity index is 581. The molecule has 2 fully saturated rings. The number of nitrogens with one attached hydrogen (secondary N) is 1. The summed E-state index contributed by atoms with van der Waals surface area (Å²) in [6.07, 6.45) is 3.88. The zero-order chi connectivity index (χ0) is 14.2. The summed E-state index contributed by atoms with van der Waals surface area (Å²) in [5.74, 6) is 1.18. The van der Waals surface area contributed by atoms with Gasteiger partial charge in [0.1, 0.15) is 0 Å². The highest BCUT2D eigenvalue weighted by Crippen LogP contribution is 2.40. The summed E-state index contributed by atoms with van der Waals surface area (Å²) in [6.45, 7) is 0. The molecular formula is C15H20ClNO2S. The molecule has 1 atom stereocenters. The van der Waals surface area contributed by atoms with Gasteiger partial charge in [-0.3, -0.25) is 0 Å². The van der Waals surface area contributed by atoms with Crippen molar-refractivity contribution in [2.24, 2.45) is 0 Å². The fraction of sp³-hybridized carbons (Fsp3) is 0.600. The van der Waals surface area contributed by atoms with E-state index in [0.29, 0.717) is 23.5 Å². The first-order valence-corrected chi connectivity index (χ1v) is 9.44. The molecule has 3 rings (SSSR count). The average Bonchev–Trinajstić information content (AvgIpc) is 2.33. The Morgan fingerprint density at radius 3 is 2.60 bits per heavy atom. The maximum Gasteiger partial charge on any atom is 0.151 e. The molecule has 1 aliphatic carbocycles. The second kappa shape index (κ2) is 5.66. The van der Waals surface area contributed by atoms with Crippen molar-refractivity contribution in [1.29, 1.82) is 0 Å². The van der Waals surface area contributed by atoms with Gasteiger partial charge in [-0.05, 0) is 43.2 Å². The van der Waals surface area contributed by atoms with E-state index in [-0.39, 0.29) is 6.04 Å². The van der Waals surface area contributed by atoms with Gasteiger partial charge < -0.3 is 5.32 Å². The molecule has 1 saturated carbocycles. The minimum Gasteiger partial charge on any atom is -0.310 e. The van der Waals surface area contributed by atoms with Gasteiger partial charge in [0.25, 0.3) is 0 Å². The van der Waals surface area contributed by atoms with Crippen LogP contribution in [0.15, 0.2) is 24.3 Å². The fourth-order valence-corrected chi connectivity index (χ4v) is 5.24. The van der Waals surface area contributed by atoms with Gasteiger partial charge in [-0.25, -0.2) is 8.42 Å². The van der Waals surface area contributed by atoms with E-state index in [4.69, 9.17) is 11.6 Å².